The molecule has 8 nitrogen and oxygen atoms in total. The Kier molecular flexibility index (Phi) is 3.96. The molecule has 2 aromatic heterocycles. The molecule has 0 aromatic carbocycles. The van der Waals surface area contributed by atoms with E-state index in [2.05, 4.69) is 25.6 Å². The van der Waals surface area contributed by atoms with E-state index in [0.29, 0.717) is 5.92 Å². The van der Waals surface area contributed by atoms with Crippen molar-refractivity contribution in [3.63, 3.8) is 0 Å². The maximum absolute atomic E-state index is 9.38. The van der Waals surface area contributed by atoms with Crippen molar-refractivity contribution in [2.45, 2.75) is 37.8 Å². The molecule has 1 saturated carbocycles. The van der Waals surface area contributed by atoms with E-state index in [9.17, 15) is 5.11 Å². The molecule has 21 heavy (non-hydrogen) atoms. The number of hydrogen-bond acceptors (Lipinski definition) is 7. The molecule has 2 heterocycles. The summed E-state index contributed by atoms with van der Waals surface area (Å²) in [6, 6.07) is 1.92. The molecule has 0 radical (unpaired) electrons. The standard InChI is InChI=1S/C13H19N7O/c14-13-17-11(9-6-10(21)7-9)8-12(18-13)15-2-1-4-20-5-3-16-19-20/h3,5,8-10,21H,1-2,4,6-7H2,(H3,14,15,17,18). The van der Waals surface area contributed by atoms with Gasteiger partial charge in [-0.2, -0.15) is 4.98 Å². The maximum Gasteiger partial charge on any atom is 0.222 e. The van der Waals surface area contributed by atoms with E-state index in [1.165, 1.54) is 0 Å². The van der Waals surface area contributed by atoms with Gasteiger partial charge in [-0.25, -0.2) is 4.98 Å². The van der Waals surface area contributed by atoms with Crippen molar-refractivity contribution in [1.29, 1.82) is 0 Å². The molecular weight excluding hydrogens is 270 g/mol. The second kappa shape index (κ2) is 6.04. The number of aliphatic hydroxyl groups excluding tert-OH is 1. The largest absolute Gasteiger partial charge is 0.393 e. The number of nitrogens with zero attached hydrogens (tertiary/aromatic N) is 5. The van der Waals surface area contributed by atoms with E-state index < -0.39 is 0 Å². The molecule has 3 rings (SSSR count). The fraction of sp³-hybridized carbons (Fsp3) is 0.538. The summed E-state index contributed by atoms with van der Waals surface area (Å²) in [5.74, 6) is 1.30. The normalized spacial score (nSPS) is 21.0. The lowest BCUT2D eigenvalue weighted by Crippen LogP contribution is -2.27. The van der Waals surface area contributed by atoms with Gasteiger partial charge in [0, 0.05) is 31.3 Å². The highest BCUT2D eigenvalue weighted by Gasteiger charge is 2.30. The van der Waals surface area contributed by atoms with Gasteiger partial charge in [-0.3, -0.25) is 4.68 Å². The number of anilines is 2. The van der Waals surface area contributed by atoms with Gasteiger partial charge >= 0.3 is 0 Å². The molecule has 112 valence electrons. The zero-order chi connectivity index (χ0) is 14.7. The summed E-state index contributed by atoms with van der Waals surface area (Å²) in [6.07, 6.45) is 5.71. The molecule has 1 aliphatic rings. The predicted octanol–water partition coefficient (Wildman–Crippen LogP) is 0.391. The lowest BCUT2D eigenvalue weighted by Gasteiger charge is -2.30. The average molecular weight is 289 g/mol. The Morgan fingerprint density at radius 3 is 2.95 bits per heavy atom. The van der Waals surface area contributed by atoms with Gasteiger partial charge in [-0.05, 0) is 19.3 Å². The highest BCUT2D eigenvalue weighted by atomic mass is 16.3. The molecule has 1 fully saturated rings. The first-order chi connectivity index (χ1) is 10.2. The van der Waals surface area contributed by atoms with Crippen molar-refractivity contribution in [2.75, 3.05) is 17.6 Å². The van der Waals surface area contributed by atoms with Crippen LogP contribution in [0.1, 0.15) is 30.9 Å². The first-order valence-electron chi connectivity index (χ1n) is 7.11. The summed E-state index contributed by atoms with van der Waals surface area (Å²) in [5, 5.41) is 20.3. The Hall–Kier alpha value is -2.22. The van der Waals surface area contributed by atoms with Gasteiger partial charge in [0.1, 0.15) is 5.82 Å². The third kappa shape index (κ3) is 3.46. The minimum atomic E-state index is -0.203. The van der Waals surface area contributed by atoms with E-state index in [4.69, 9.17) is 5.73 Å². The van der Waals surface area contributed by atoms with Crippen LogP contribution in [0.3, 0.4) is 0 Å². The van der Waals surface area contributed by atoms with Gasteiger partial charge in [-0.15, -0.1) is 5.10 Å². The van der Waals surface area contributed by atoms with Crippen molar-refractivity contribution in [3.05, 3.63) is 24.2 Å². The van der Waals surface area contributed by atoms with Gasteiger partial charge < -0.3 is 16.2 Å². The SMILES string of the molecule is Nc1nc(NCCCn2ccnn2)cc(C2CC(O)C2)n1. The minimum Gasteiger partial charge on any atom is -0.393 e. The van der Waals surface area contributed by atoms with Gasteiger partial charge in [-0.1, -0.05) is 5.21 Å². The lowest BCUT2D eigenvalue weighted by molar-refractivity contribution is 0.0732. The smallest absolute Gasteiger partial charge is 0.222 e. The zero-order valence-electron chi connectivity index (χ0n) is 11.7. The van der Waals surface area contributed by atoms with E-state index >= 15 is 0 Å². The topological polar surface area (TPSA) is 115 Å². The third-order valence-electron chi connectivity index (χ3n) is 3.64. The van der Waals surface area contributed by atoms with Crippen LogP contribution in [0.15, 0.2) is 18.5 Å². The second-order valence-electron chi connectivity index (χ2n) is 5.30. The minimum absolute atomic E-state index is 0.203. The number of hydrogen-bond donors (Lipinski definition) is 3. The lowest BCUT2D eigenvalue weighted by atomic mass is 9.80. The molecule has 0 amide bonds. The zero-order valence-corrected chi connectivity index (χ0v) is 11.7. The summed E-state index contributed by atoms with van der Waals surface area (Å²) in [5.41, 5.74) is 6.65. The molecule has 0 aliphatic heterocycles. The van der Waals surface area contributed by atoms with Crippen LogP contribution in [0.5, 0.6) is 0 Å². The van der Waals surface area contributed by atoms with Gasteiger partial charge in [0.05, 0.1) is 18.0 Å². The van der Waals surface area contributed by atoms with Gasteiger partial charge in [0.2, 0.25) is 5.95 Å². The fourth-order valence-electron chi connectivity index (χ4n) is 2.42. The number of aromatic nitrogens is 5. The molecule has 1 aliphatic carbocycles. The fourth-order valence-corrected chi connectivity index (χ4v) is 2.42. The molecule has 0 spiro atoms. The van der Waals surface area contributed by atoms with Crippen LogP contribution in [0.2, 0.25) is 0 Å². The Labute approximate surface area is 122 Å². The van der Waals surface area contributed by atoms with E-state index in [0.717, 1.165) is 43.9 Å². The third-order valence-corrected chi connectivity index (χ3v) is 3.64. The van der Waals surface area contributed by atoms with Crippen LogP contribution in [0.4, 0.5) is 11.8 Å². The van der Waals surface area contributed by atoms with Crippen LogP contribution >= 0.6 is 0 Å². The molecule has 2 aromatic rings. The maximum atomic E-state index is 9.38. The summed E-state index contributed by atoms with van der Waals surface area (Å²) < 4.78 is 1.79. The Morgan fingerprint density at radius 2 is 2.24 bits per heavy atom. The van der Waals surface area contributed by atoms with Crippen LogP contribution in [0, 0.1) is 0 Å². The number of aryl methyl sites for hydroxylation is 1. The number of nitrogens with one attached hydrogen (secondary N) is 1. The van der Waals surface area contributed by atoms with Crippen molar-refractivity contribution >= 4 is 11.8 Å². The Balaban J connectivity index is 1.52. The number of nitrogen functional groups attached to an aromatic ring is 1. The number of nitrogens with two attached hydrogens (primary N) is 1. The second-order valence-corrected chi connectivity index (χ2v) is 5.30. The van der Waals surface area contributed by atoms with E-state index in [-0.39, 0.29) is 12.1 Å². The van der Waals surface area contributed by atoms with Crippen LogP contribution in [-0.4, -0.2) is 42.7 Å². The molecule has 8 heteroatoms. The van der Waals surface area contributed by atoms with Crippen molar-refractivity contribution in [2.24, 2.45) is 0 Å². The van der Waals surface area contributed by atoms with Crippen molar-refractivity contribution in [3.8, 4) is 0 Å². The number of aliphatic hydroxyl groups is 1. The van der Waals surface area contributed by atoms with Crippen LogP contribution in [0.25, 0.3) is 0 Å². The highest BCUT2D eigenvalue weighted by molar-refractivity contribution is 5.41. The predicted molar refractivity (Wildman–Crippen MR) is 77.6 cm³/mol. The Bertz CT molecular complexity index is 580. The Morgan fingerprint density at radius 1 is 1.38 bits per heavy atom. The quantitative estimate of drug-likeness (QED) is 0.659. The first-order valence-corrected chi connectivity index (χ1v) is 7.11. The summed E-state index contributed by atoms with van der Waals surface area (Å²) in [6.45, 7) is 1.57. The van der Waals surface area contributed by atoms with Gasteiger partial charge in [0.15, 0.2) is 0 Å². The van der Waals surface area contributed by atoms with Crippen molar-refractivity contribution in [1.82, 2.24) is 25.0 Å². The summed E-state index contributed by atoms with van der Waals surface area (Å²) in [4.78, 5) is 8.44. The summed E-state index contributed by atoms with van der Waals surface area (Å²) >= 11 is 0. The number of rotatable bonds is 6. The first kappa shape index (κ1) is 13.7. The van der Waals surface area contributed by atoms with Crippen molar-refractivity contribution < 1.29 is 5.11 Å². The molecule has 0 bridgehead atoms. The summed E-state index contributed by atoms with van der Waals surface area (Å²) in [7, 11) is 0. The molecule has 0 atom stereocenters. The van der Waals surface area contributed by atoms with Crippen LogP contribution in [-0.2, 0) is 6.54 Å². The molecule has 4 N–H and O–H groups in total. The molecule has 0 unspecified atom stereocenters. The van der Waals surface area contributed by atoms with Gasteiger partial charge in [0.25, 0.3) is 0 Å². The average Bonchev–Trinajstić information content (AvgIpc) is 2.93. The monoisotopic (exact) mass is 289 g/mol. The molecule has 0 saturated heterocycles. The van der Waals surface area contributed by atoms with Crippen LogP contribution < -0.4 is 11.1 Å². The van der Waals surface area contributed by atoms with E-state index in [1.807, 2.05) is 12.3 Å². The molecular formula is C13H19N7O. The highest BCUT2D eigenvalue weighted by Crippen LogP contribution is 2.36. The van der Waals surface area contributed by atoms with E-state index in [1.54, 1.807) is 10.9 Å².